The summed E-state index contributed by atoms with van der Waals surface area (Å²) in [6.07, 6.45) is 5.97. The SMILES string of the molecule is CC1(C)c2ccccc2-c2cc3c(cc21)-c1c(-c2cccc(-c4cccc(C5=NC(c6ccccc6)NC(c6ccc(-c7ccccc7)cc6)N5)c4)c2)cccc1C31CCCCC1. The van der Waals surface area contributed by atoms with Crippen LogP contribution in [0.2, 0.25) is 0 Å². The molecule has 63 heavy (non-hydrogen) atoms. The van der Waals surface area contributed by atoms with Gasteiger partial charge >= 0.3 is 0 Å². The van der Waals surface area contributed by atoms with Crippen LogP contribution < -0.4 is 10.6 Å². The molecule has 2 unspecified atom stereocenters. The van der Waals surface area contributed by atoms with Crippen LogP contribution in [0.3, 0.4) is 0 Å². The van der Waals surface area contributed by atoms with Crippen LogP contribution in [-0.4, -0.2) is 5.84 Å². The van der Waals surface area contributed by atoms with Gasteiger partial charge in [-0.1, -0.05) is 197 Å². The van der Waals surface area contributed by atoms with E-state index in [1.165, 1.54) is 104 Å². The lowest BCUT2D eigenvalue weighted by Gasteiger charge is -2.36. The summed E-state index contributed by atoms with van der Waals surface area (Å²) >= 11 is 0. The molecule has 0 aromatic heterocycles. The molecule has 0 bridgehead atoms. The lowest BCUT2D eigenvalue weighted by atomic mass is 9.67. The summed E-state index contributed by atoms with van der Waals surface area (Å²) in [7, 11) is 0. The Hall–Kier alpha value is -6.81. The van der Waals surface area contributed by atoms with Gasteiger partial charge in [0.1, 0.15) is 18.2 Å². The Labute approximate surface area is 371 Å². The molecular weight excluding hydrogens is 763 g/mol. The molecule has 306 valence electrons. The van der Waals surface area contributed by atoms with E-state index < -0.39 is 0 Å². The number of aliphatic imine (C=N–C) groups is 1. The maximum absolute atomic E-state index is 5.31. The molecule has 3 nitrogen and oxygen atoms in total. The fraction of sp³-hybridized carbons (Fsp3) is 0.183. The van der Waals surface area contributed by atoms with Crippen molar-refractivity contribution >= 4 is 5.84 Å². The molecule has 0 amide bonds. The molecule has 1 heterocycles. The van der Waals surface area contributed by atoms with Gasteiger partial charge in [0.2, 0.25) is 0 Å². The van der Waals surface area contributed by atoms with E-state index in [2.05, 4.69) is 213 Å². The van der Waals surface area contributed by atoms with Crippen LogP contribution in [0.4, 0.5) is 0 Å². The monoisotopic (exact) mass is 813 g/mol. The molecule has 0 radical (unpaired) electrons. The van der Waals surface area contributed by atoms with Crippen molar-refractivity contribution < 1.29 is 0 Å². The number of nitrogens with one attached hydrogen (secondary N) is 2. The predicted octanol–water partition coefficient (Wildman–Crippen LogP) is 14.6. The number of hydrogen-bond donors (Lipinski definition) is 2. The van der Waals surface area contributed by atoms with Gasteiger partial charge in [0, 0.05) is 16.4 Å². The maximum atomic E-state index is 5.31. The Morgan fingerprint density at radius 2 is 1.02 bits per heavy atom. The van der Waals surface area contributed by atoms with E-state index in [-0.39, 0.29) is 23.2 Å². The molecule has 12 rings (SSSR count). The third-order valence-corrected chi connectivity index (χ3v) is 14.8. The number of hydrogen-bond acceptors (Lipinski definition) is 3. The van der Waals surface area contributed by atoms with Crippen molar-refractivity contribution in [2.45, 2.75) is 69.1 Å². The third-order valence-electron chi connectivity index (χ3n) is 14.8. The molecular formula is C60H51N3. The fourth-order valence-corrected chi connectivity index (χ4v) is 11.6. The first kappa shape index (κ1) is 37.9. The molecule has 3 heteroatoms. The molecule has 8 aromatic carbocycles. The summed E-state index contributed by atoms with van der Waals surface area (Å²) in [6.45, 7) is 4.83. The van der Waals surface area contributed by atoms with Crippen LogP contribution in [0.5, 0.6) is 0 Å². The first-order valence-corrected chi connectivity index (χ1v) is 22.9. The summed E-state index contributed by atoms with van der Waals surface area (Å²) < 4.78 is 0. The molecule has 3 aliphatic carbocycles. The second-order valence-electron chi connectivity index (χ2n) is 18.7. The van der Waals surface area contributed by atoms with Crippen LogP contribution in [-0.2, 0) is 10.8 Å². The number of amidine groups is 1. The zero-order chi connectivity index (χ0) is 42.1. The summed E-state index contributed by atoms with van der Waals surface area (Å²) in [4.78, 5) is 5.31. The Balaban J connectivity index is 0.920. The first-order chi connectivity index (χ1) is 30.9. The van der Waals surface area contributed by atoms with Crippen LogP contribution in [0.25, 0.3) is 55.6 Å². The Kier molecular flexibility index (Phi) is 8.98. The molecule has 2 N–H and O–H groups in total. The fourth-order valence-electron chi connectivity index (χ4n) is 11.6. The zero-order valence-electron chi connectivity index (χ0n) is 36.0. The largest absolute Gasteiger partial charge is 0.350 e. The Morgan fingerprint density at radius 3 is 1.79 bits per heavy atom. The van der Waals surface area contributed by atoms with Crippen molar-refractivity contribution in [1.29, 1.82) is 0 Å². The van der Waals surface area contributed by atoms with Gasteiger partial charge in [-0.15, -0.1) is 0 Å². The van der Waals surface area contributed by atoms with Crippen LogP contribution in [0.15, 0.2) is 193 Å². The Bertz CT molecular complexity index is 3060. The minimum Gasteiger partial charge on any atom is -0.350 e. The minimum absolute atomic E-state index is 0.0506. The van der Waals surface area contributed by atoms with Gasteiger partial charge in [-0.05, 0) is 126 Å². The molecule has 1 saturated carbocycles. The highest BCUT2D eigenvalue weighted by atomic mass is 15.3. The average molecular weight is 814 g/mol. The van der Waals surface area contributed by atoms with E-state index >= 15 is 0 Å². The van der Waals surface area contributed by atoms with Gasteiger partial charge < -0.3 is 5.32 Å². The quantitative estimate of drug-likeness (QED) is 0.175. The van der Waals surface area contributed by atoms with E-state index in [0.717, 1.165) is 22.5 Å². The van der Waals surface area contributed by atoms with E-state index in [9.17, 15) is 0 Å². The molecule has 1 aliphatic heterocycles. The molecule has 8 aromatic rings. The predicted molar refractivity (Wildman–Crippen MR) is 261 cm³/mol. The summed E-state index contributed by atoms with van der Waals surface area (Å²) in [5.74, 6) is 0.880. The topological polar surface area (TPSA) is 36.4 Å². The highest BCUT2D eigenvalue weighted by Gasteiger charge is 2.47. The van der Waals surface area contributed by atoms with Gasteiger partial charge in [-0.2, -0.15) is 0 Å². The van der Waals surface area contributed by atoms with Crippen LogP contribution >= 0.6 is 0 Å². The van der Waals surface area contributed by atoms with Gasteiger partial charge in [-0.25, -0.2) is 4.99 Å². The molecule has 1 spiro atoms. The number of nitrogens with zero attached hydrogens (tertiary/aromatic N) is 1. The molecule has 1 fully saturated rings. The molecule has 2 atom stereocenters. The first-order valence-electron chi connectivity index (χ1n) is 22.9. The van der Waals surface area contributed by atoms with E-state index in [1.807, 2.05) is 0 Å². The summed E-state index contributed by atoms with van der Waals surface area (Å²) in [6, 6.07) is 69.6. The lowest BCUT2D eigenvalue weighted by Crippen LogP contribution is -2.44. The second-order valence-corrected chi connectivity index (χ2v) is 18.7. The van der Waals surface area contributed by atoms with E-state index in [0.29, 0.717) is 0 Å². The summed E-state index contributed by atoms with van der Waals surface area (Å²) in [5, 5.41) is 7.58. The Morgan fingerprint density at radius 1 is 0.429 bits per heavy atom. The van der Waals surface area contributed by atoms with Crippen LogP contribution in [0, 0.1) is 0 Å². The standard InChI is InChI=1S/C60H51N3/c1-59(2)51-27-11-10-25-48(51)49-37-54-50(38-53(49)59)55-47(26-16-28-52(55)60(54)33-12-5-13-34-60)45-23-14-21-43(35-45)44-22-15-24-46(36-44)58-62-56(41-19-8-4-9-20-41)61-57(63-58)42-31-29-40(30-32-42)39-17-6-3-7-18-39/h3-4,6-11,14-32,35-38,56-57,61H,5,12-13,33-34H2,1-2H3,(H,62,63). The highest BCUT2D eigenvalue weighted by Crippen LogP contribution is 2.61. The normalized spacial score (nSPS) is 18.7. The number of benzene rings is 8. The van der Waals surface area contributed by atoms with Gasteiger partial charge in [-0.3, -0.25) is 5.32 Å². The smallest absolute Gasteiger partial charge is 0.131 e. The van der Waals surface area contributed by atoms with Crippen molar-refractivity contribution in [1.82, 2.24) is 10.6 Å². The van der Waals surface area contributed by atoms with E-state index in [4.69, 9.17) is 4.99 Å². The average Bonchev–Trinajstić information content (AvgIpc) is 3.74. The van der Waals surface area contributed by atoms with Crippen molar-refractivity contribution in [3.63, 3.8) is 0 Å². The maximum Gasteiger partial charge on any atom is 0.131 e. The zero-order valence-corrected chi connectivity index (χ0v) is 36.0. The van der Waals surface area contributed by atoms with Gasteiger partial charge in [0.05, 0.1) is 0 Å². The minimum atomic E-state index is -0.204. The van der Waals surface area contributed by atoms with Crippen molar-refractivity contribution in [2.24, 2.45) is 4.99 Å². The number of rotatable bonds is 6. The van der Waals surface area contributed by atoms with Crippen molar-refractivity contribution in [3.8, 4) is 55.6 Å². The van der Waals surface area contributed by atoms with Gasteiger partial charge in [0.25, 0.3) is 0 Å². The van der Waals surface area contributed by atoms with Gasteiger partial charge in [0.15, 0.2) is 0 Å². The highest BCUT2D eigenvalue weighted by molar-refractivity contribution is 6.01. The third kappa shape index (κ3) is 6.24. The second kappa shape index (κ2) is 14.9. The van der Waals surface area contributed by atoms with Crippen molar-refractivity contribution in [3.05, 3.63) is 227 Å². The lowest BCUT2D eigenvalue weighted by molar-refractivity contribution is 0.353. The number of fused-ring (bicyclic) bond motifs is 8. The van der Waals surface area contributed by atoms with E-state index in [1.54, 1.807) is 5.56 Å². The molecule has 0 saturated heterocycles. The molecule has 4 aliphatic rings. The summed E-state index contributed by atoms with van der Waals surface area (Å²) in [5.41, 5.74) is 22.5. The van der Waals surface area contributed by atoms with Crippen LogP contribution in [0.1, 0.15) is 97.2 Å². The van der Waals surface area contributed by atoms with Crippen molar-refractivity contribution in [2.75, 3.05) is 0 Å².